The Morgan fingerprint density at radius 3 is 2.26 bits per heavy atom. The van der Waals surface area contributed by atoms with Crippen LogP contribution >= 0.6 is 7.75 Å². The summed E-state index contributed by atoms with van der Waals surface area (Å²) < 4.78 is 31.1. The summed E-state index contributed by atoms with van der Waals surface area (Å²) in [7, 11) is -4.33. The second-order valence-electron chi connectivity index (χ2n) is 4.95. The molecule has 138 valence electrons. The number of rotatable bonds is 17. The monoisotopic (exact) mass is 356 g/mol. The molecule has 3 N–H and O–H groups in total. The van der Waals surface area contributed by atoms with E-state index in [1.165, 1.54) is 0 Å². The second kappa shape index (κ2) is 15.1. The van der Waals surface area contributed by atoms with Gasteiger partial charge in [-0.25, -0.2) is 4.57 Å². The lowest BCUT2D eigenvalue weighted by Crippen LogP contribution is -2.15. The number of hydrogen-bond donors (Lipinski definition) is 2. The number of nitrogens with zero attached hydrogens (tertiary/aromatic N) is 1. The zero-order valence-electron chi connectivity index (χ0n) is 13.7. The van der Waals surface area contributed by atoms with Crippen molar-refractivity contribution in [3.05, 3.63) is 4.91 Å². The molecule has 0 saturated heterocycles. The van der Waals surface area contributed by atoms with Crippen molar-refractivity contribution in [3.63, 3.8) is 0 Å². The summed E-state index contributed by atoms with van der Waals surface area (Å²) >= 11 is 0. The van der Waals surface area contributed by atoms with Gasteiger partial charge in [-0.2, -0.15) is 0 Å². The summed E-state index contributed by atoms with van der Waals surface area (Å²) in [6.45, 7) is 4.40. The average molecular weight is 356 g/mol. The smallest absolute Gasteiger partial charge is 0.377 e. The quantitative estimate of drug-likeness (QED) is 0.229. The Morgan fingerprint density at radius 2 is 1.65 bits per heavy atom. The van der Waals surface area contributed by atoms with E-state index in [1.54, 1.807) is 0 Å². The SMILES string of the molecule is C[C@H](CCCCCN)OCCOCCOCCOP(=O)(O)N=O. The van der Waals surface area contributed by atoms with E-state index in [4.69, 9.17) is 24.8 Å². The zero-order chi connectivity index (χ0) is 17.4. The Balaban J connectivity index is 3.24. The minimum atomic E-state index is -4.33. The van der Waals surface area contributed by atoms with E-state index < -0.39 is 7.75 Å². The van der Waals surface area contributed by atoms with E-state index in [1.807, 2.05) is 11.9 Å². The van der Waals surface area contributed by atoms with Gasteiger partial charge in [0.05, 0.1) is 45.7 Å². The van der Waals surface area contributed by atoms with E-state index >= 15 is 0 Å². The molecule has 0 aromatic carbocycles. The van der Waals surface area contributed by atoms with E-state index in [-0.39, 0.29) is 19.3 Å². The van der Waals surface area contributed by atoms with Gasteiger partial charge in [-0.05, 0) is 26.3 Å². The van der Waals surface area contributed by atoms with Crippen LogP contribution in [0.1, 0.15) is 32.6 Å². The molecule has 0 rings (SSSR count). The van der Waals surface area contributed by atoms with Gasteiger partial charge in [-0.15, -0.1) is 4.91 Å². The van der Waals surface area contributed by atoms with Crippen molar-refractivity contribution < 1.29 is 28.2 Å². The molecule has 10 heteroatoms. The van der Waals surface area contributed by atoms with Crippen molar-refractivity contribution in [3.8, 4) is 0 Å². The van der Waals surface area contributed by atoms with Gasteiger partial charge in [-0.3, -0.25) is 4.52 Å². The summed E-state index contributed by atoms with van der Waals surface area (Å²) in [5.74, 6) is 0. The summed E-state index contributed by atoms with van der Waals surface area (Å²) in [5, 5.41) is 0. The van der Waals surface area contributed by atoms with E-state index in [2.05, 4.69) is 4.52 Å². The third-order valence-electron chi connectivity index (χ3n) is 2.91. The van der Waals surface area contributed by atoms with Gasteiger partial charge in [0.15, 0.2) is 0 Å². The predicted octanol–water partition coefficient (Wildman–Crippen LogP) is 1.83. The van der Waals surface area contributed by atoms with Gasteiger partial charge < -0.3 is 24.8 Å². The van der Waals surface area contributed by atoms with Crippen LogP contribution in [0.15, 0.2) is 4.95 Å². The number of unbranched alkanes of at least 4 members (excludes halogenated alkanes) is 2. The predicted molar refractivity (Wildman–Crippen MR) is 86.1 cm³/mol. The maximum atomic E-state index is 10.7. The van der Waals surface area contributed by atoms with Crippen LogP contribution in [-0.2, 0) is 23.3 Å². The fourth-order valence-electron chi connectivity index (χ4n) is 1.71. The third kappa shape index (κ3) is 16.2. The minimum Gasteiger partial charge on any atom is -0.377 e. The Morgan fingerprint density at radius 1 is 1.04 bits per heavy atom. The lowest BCUT2D eigenvalue weighted by molar-refractivity contribution is -0.0115. The van der Waals surface area contributed by atoms with Crippen molar-refractivity contribution >= 4 is 7.75 Å². The molecule has 0 aromatic heterocycles. The van der Waals surface area contributed by atoms with Crippen molar-refractivity contribution in [1.29, 1.82) is 0 Å². The highest BCUT2D eigenvalue weighted by Gasteiger charge is 2.18. The highest BCUT2D eigenvalue weighted by Crippen LogP contribution is 2.42. The van der Waals surface area contributed by atoms with Gasteiger partial charge in [0.25, 0.3) is 0 Å². The molecule has 0 bridgehead atoms. The van der Waals surface area contributed by atoms with Crippen LogP contribution in [0.3, 0.4) is 0 Å². The molecule has 0 fully saturated rings. The van der Waals surface area contributed by atoms with E-state index in [9.17, 15) is 9.47 Å². The fourth-order valence-corrected chi connectivity index (χ4v) is 2.06. The number of nitroso groups, excluding NO2 is 1. The molecule has 9 nitrogen and oxygen atoms in total. The standard InChI is InChI=1S/C13H29N2O7P/c1-13(5-3-2-4-6-14)21-11-9-19-7-8-20-10-12-22-23(17,18)15-16/h13H,2-12,14H2,1H3,(H,17,18)/t13-/m1/s1. The van der Waals surface area contributed by atoms with Crippen molar-refractivity contribution in [2.45, 2.75) is 38.7 Å². The molecule has 1 unspecified atom stereocenters. The summed E-state index contributed by atoms with van der Waals surface area (Å²) in [6, 6.07) is 0. The molecule has 0 aliphatic heterocycles. The number of hydrogen-bond acceptors (Lipinski definition) is 7. The Bertz CT molecular complexity index is 333. The average Bonchev–Trinajstić information content (AvgIpc) is 2.53. The molecular formula is C13H29N2O7P. The van der Waals surface area contributed by atoms with E-state index in [0.29, 0.717) is 26.4 Å². The van der Waals surface area contributed by atoms with Crippen LogP contribution in [0.25, 0.3) is 0 Å². The third-order valence-corrected chi connectivity index (χ3v) is 3.63. The first kappa shape index (κ1) is 22.6. The number of nitrogens with two attached hydrogens (primary N) is 1. The Kier molecular flexibility index (Phi) is 14.9. The molecule has 0 spiro atoms. The molecule has 0 amide bonds. The van der Waals surface area contributed by atoms with Crippen LogP contribution in [-0.4, -0.2) is 57.2 Å². The maximum absolute atomic E-state index is 10.7. The summed E-state index contributed by atoms with van der Waals surface area (Å²) in [6.07, 6.45) is 4.55. The second-order valence-corrected chi connectivity index (χ2v) is 6.35. The molecule has 0 radical (unpaired) electrons. The van der Waals surface area contributed by atoms with Crippen molar-refractivity contribution in [2.24, 2.45) is 10.7 Å². The number of ether oxygens (including phenoxy) is 3. The molecule has 0 saturated carbocycles. The van der Waals surface area contributed by atoms with Crippen LogP contribution in [0, 0.1) is 4.91 Å². The summed E-state index contributed by atoms with van der Waals surface area (Å²) in [4.78, 5) is 20.5. The minimum absolute atomic E-state index is 0.0831. The molecule has 0 heterocycles. The molecule has 23 heavy (non-hydrogen) atoms. The van der Waals surface area contributed by atoms with Crippen molar-refractivity contribution in [1.82, 2.24) is 0 Å². The van der Waals surface area contributed by atoms with Gasteiger partial charge in [-0.1, -0.05) is 12.8 Å². The highest BCUT2D eigenvalue weighted by molar-refractivity contribution is 7.51. The maximum Gasteiger partial charge on any atom is 0.487 e. The largest absolute Gasteiger partial charge is 0.487 e. The first-order valence-corrected chi connectivity index (χ1v) is 9.34. The Labute approximate surface area is 137 Å². The fraction of sp³-hybridized carbons (Fsp3) is 1.00. The molecular weight excluding hydrogens is 327 g/mol. The van der Waals surface area contributed by atoms with Gasteiger partial charge in [0.1, 0.15) is 0 Å². The van der Waals surface area contributed by atoms with E-state index in [0.717, 1.165) is 32.2 Å². The van der Waals surface area contributed by atoms with Crippen LogP contribution in [0.5, 0.6) is 0 Å². The molecule has 0 aromatic rings. The topological polar surface area (TPSA) is 130 Å². The van der Waals surface area contributed by atoms with Crippen LogP contribution in [0.2, 0.25) is 0 Å². The lowest BCUT2D eigenvalue weighted by Gasteiger charge is -2.13. The van der Waals surface area contributed by atoms with Gasteiger partial charge in [0.2, 0.25) is 0 Å². The highest BCUT2D eigenvalue weighted by atomic mass is 31.2. The van der Waals surface area contributed by atoms with Gasteiger partial charge in [0, 0.05) is 4.95 Å². The first-order valence-electron chi connectivity index (χ1n) is 7.81. The van der Waals surface area contributed by atoms with Crippen LogP contribution in [0.4, 0.5) is 0 Å². The lowest BCUT2D eigenvalue weighted by atomic mass is 10.1. The molecule has 0 aliphatic rings. The molecule has 0 aliphatic carbocycles. The molecule has 2 atom stereocenters. The normalized spacial score (nSPS) is 15.3. The zero-order valence-corrected chi connectivity index (χ0v) is 14.6. The van der Waals surface area contributed by atoms with Crippen molar-refractivity contribution in [2.75, 3.05) is 46.2 Å². The Hall–Kier alpha value is -0.410. The summed E-state index contributed by atoms with van der Waals surface area (Å²) in [5.41, 5.74) is 5.43. The first-order chi connectivity index (χ1) is 11.0. The van der Waals surface area contributed by atoms with Gasteiger partial charge >= 0.3 is 7.75 Å². The van der Waals surface area contributed by atoms with Crippen LogP contribution < -0.4 is 5.73 Å².